The molecule has 0 spiro atoms. The number of pyridine rings is 1. The Kier molecular flexibility index (Phi) is 2.19. The number of aromatic nitrogens is 1. The Labute approximate surface area is 64.7 Å². The number of nitrogens with zero attached hydrogens (tertiary/aromatic N) is 1. The summed E-state index contributed by atoms with van der Waals surface area (Å²) in [5.41, 5.74) is 1.21. The summed E-state index contributed by atoms with van der Waals surface area (Å²) in [4.78, 5) is 3.75. The van der Waals surface area contributed by atoms with Gasteiger partial charge in [-0.1, -0.05) is 0 Å². The lowest BCUT2D eigenvalue weighted by Crippen LogP contribution is -1.99. The van der Waals surface area contributed by atoms with Crippen molar-refractivity contribution in [3.8, 4) is 0 Å². The number of hydrogen-bond acceptors (Lipinski definition) is 2. The summed E-state index contributed by atoms with van der Waals surface area (Å²) in [5, 5.41) is 9.11. The molecular weight excluding hydrogens is 145 g/mol. The SMILES string of the molecule is Cc1cc(F)cnc1C(C)O. The van der Waals surface area contributed by atoms with Crippen LogP contribution < -0.4 is 0 Å². The van der Waals surface area contributed by atoms with Gasteiger partial charge in [0.05, 0.1) is 18.0 Å². The quantitative estimate of drug-likeness (QED) is 0.668. The second kappa shape index (κ2) is 2.96. The smallest absolute Gasteiger partial charge is 0.141 e. The van der Waals surface area contributed by atoms with Crippen molar-refractivity contribution in [1.29, 1.82) is 0 Å². The van der Waals surface area contributed by atoms with Crippen LogP contribution >= 0.6 is 0 Å². The molecule has 0 radical (unpaired) electrons. The van der Waals surface area contributed by atoms with E-state index < -0.39 is 6.10 Å². The van der Waals surface area contributed by atoms with E-state index in [9.17, 15) is 4.39 Å². The van der Waals surface area contributed by atoms with E-state index in [4.69, 9.17) is 5.11 Å². The molecular formula is C8H10FNO. The third kappa shape index (κ3) is 1.74. The first-order valence-electron chi connectivity index (χ1n) is 3.41. The summed E-state index contributed by atoms with van der Waals surface area (Å²) in [5.74, 6) is -0.369. The van der Waals surface area contributed by atoms with Crippen LogP contribution in [0.3, 0.4) is 0 Å². The molecule has 1 aromatic rings. The van der Waals surface area contributed by atoms with E-state index in [-0.39, 0.29) is 5.82 Å². The van der Waals surface area contributed by atoms with Crippen molar-refractivity contribution in [1.82, 2.24) is 4.98 Å². The van der Waals surface area contributed by atoms with Gasteiger partial charge in [-0.05, 0) is 25.5 Å². The molecule has 1 heterocycles. The van der Waals surface area contributed by atoms with Gasteiger partial charge in [0.2, 0.25) is 0 Å². The molecule has 3 heteroatoms. The van der Waals surface area contributed by atoms with Gasteiger partial charge in [0, 0.05) is 0 Å². The van der Waals surface area contributed by atoms with Crippen LogP contribution in [-0.2, 0) is 0 Å². The predicted molar refractivity (Wildman–Crippen MR) is 39.6 cm³/mol. The minimum Gasteiger partial charge on any atom is -0.387 e. The van der Waals surface area contributed by atoms with Crippen LogP contribution in [0.25, 0.3) is 0 Å². The minimum atomic E-state index is -0.629. The summed E-state index contributed by atoms with van der Waals surface area (Å²) in [6, 6.07) is 1.36. The van der Waals surface area contributed by atoms with Gasteiger partial charge in [-0.3, -0.25) is 4.98 Å². The Bertz CT molecular complexity index is 260. The van der Waals surface area contributed by atoms with E-state index in [0.29, 0.717) is 11.3 Å². The maximum Gasteiger partial charge on any atom is 0.141 e. The summed E-state index contributed by atoms with van der Waals surface area (Å²) >= 11 is 0. The number of aryl methyl sites for hydroxylation is 1. The average Bonchev–Trinajstić information content (AvgIpc) is 1.85. The zero-order chi connectivity index (χ0) is 8.43. The standard InChI is InChI=1S/C8H10FNO/c1-5-3-7(9)4-10-8(5)6(2)11/h3-4,6,11H,1-2H3. The third-order valence-electron chi connectivity index (χ3n) is 1.48. The van der Waals surface area contributed by atoms with Gasteiger partial charge >= 0.3 is 0 Å². The Balaban J connectivity index is 3.09. The van der Waals surface area contributed by atoms with Gasteiger partial charge in [0.15, 0.2) is 0 Å². The monoisotopic (exact) mass is 155 g/mol. The molecule has 1 rings (SSSR count). The van der Waals surface area contributed by atoms with E-state index in [1.807, 2.05) is 0 Å². The molecule has 2 nitrogen and oxygen atoms in total. The first-order valence-corrected chi connectivity index (χ1v) is 3.41. The van der Waals surface area contributed by atoms with Crippen LogP contribution in [0.15, 0.2) is 12.3 Å². The maximum absolute atomic E-state index is 12.5. The molecule has 1 N–H and O–H groups in total. The second-order valence-corrected chi connectivity index (χ2v) is 2.53. The van der Waals surface area contributed by atoms with E-state index in [0.717, 1.165) is 6.20 Å². The van der Waals surface area contributed by atoms with E-state index in [2.05, 4.69) is 4.98 Å². The number of aliphatic hydroxyl groups is 1. The van der Waals surface area contributed by atoms with Gasteiger partial charge < -0.3 is 5.11 Å². The van der Waals surface area contributed by atoms with E-state index in [1.54, 1.807) is 13.8 Å². The molecule has 0 aliphatic rings. The van der Waals surface area contributed by atoms with Crippen molar-refractivity contribution >= 4 is 0 Å². The van der Waals surface area contributed by atoms with Crippen molar-refractivity contribution in [2.24, 2.45) is 0 Å². The van der Waals surface area contributed by atoms with Crippen LogP contribution in [0.5, 0.6) is 0 Å². The molecule has 1 unspecified atom stereocenters. The molecule has 60 valence electrons. The summed E-state index contributed by atoms with van der Waals surface area (Å²) in [7, 11) is 0. The number of rotatable bonds is 1. The van der Waals surface area contributed by atoms with Crippen molar-refractivity contribution in [2.75, 3.05) is 0 Å². The van der Waals surface area contributed by atoms with Crippen LogP contribution in [0, 0.1) is 12.7 Å². The Morgan fingerprint density at radius 3 is 2.73 bits per heavy atom. The third-order valence-corrected chi connectivity index (χ3v) is 1.48. The van der Waals surface area contributed by atoms with E-state index >= 15 is 0 Å². The second-order valence-electron chi connectivity index (χ2n) is 2.53. The van der Waals surface area contributed by atoms with Crippen LogP contribution in [-0.4, -0.2) is 10.1 Å². The highest BCUT2D eigenvalue weighted by Gasteiger charge is 2.06. The van der Waals surface area contributed by atoms with Crippen LogP contribution in [0.2, 0.25) is 0 Å². The van der Waals surface area contributed by atoms with Crippen molar-refractivity contribution in [3.05, 3.63) is 29.3 Å². The molecule has 1 atom stereocenters. The minimum absolute atomic E-state index is 0.369. The molecule has 0 aliphatic carbocycles. The molecule has 0 saturated carbocycles. The number of halogens is 1. The fourth-order valence-electron chi connectivity index (χ4n) is 0.988. The summed E-state index contributed by atoms with van der Waals surface area (Å²) < 4.78 is 12.5. The van der Waals surface area contributed by atoms with Gasteiger partial charge in [-0.15, -0.1) is 0 Å². The highest BCUT2D eigenvalue weighted by molar-refractivity contribution is 5.20. The van der Waals surface area contributed by atoms with E-state index in [1.165, 1.54) is 6.07 Å². The predicted octanol–water partition coefficient (Wildman–Crippen LogP) is 1.58. The lowest BCUT2D eigenvalue weighted by atomic mass is 10.1. The first kappa shape index (κ1) is 8.14. The number of aliphatic hydroxyl groups excluding tert-OH is 1. The van der Waals surface area contributed by atoms with Gasteiger partial charge in [-0.25, -0.2) is 4.39 Å². The molecule has 11 heavy (non-hydrogen) atoms. The first-order chi connectivity index (χ1) is 5.11. The molecule has 0 amide bonds. The normalized spacial score (nSPS) is 13.1. The zero-order valence-corrected chi connectivity index (χ0v) is 6.50. The molecule has 0 aliphatic heterocycles. The molecule has 0 aromatic carbocycles. The largest absolute Gasteiger partial charge is 0.387 e. The molecule has 0 saturated heterocycles. The van der Waals surface area contributed by atoms with Gasteiger partial charge in [0.1, 0.15) is 5.82 Å². The average molecular weight is 155 g/mol. The molecule has 0 bridgehead atoms. The van der Waals surface area contributed by atoms with Crippen LogP contribution in [0.1, 0.15) is 24.3 Å². The number of hydrogen-bond donors (Lipinski definition) is 1. The molecule has 0 fully saturated rings. The lowest BCUT2D eigenvalue weighted by molar-refractivity contribution is 0.193. The van der Waals surface area contributed by atoms with Crippen molar-refractivity contribution in [2.45, 2.75) is 20.0 Å². The van der Waals surface area contributed by atoms with Crippen molar-refractivity contribution in [3.63, 3.8) is 0 Å². The zero-order valence-electron chi connectivity index (χ0n) is 6.50. The summed E-state index contributed by atoms with van der Waals surface area (Å²) in [6.07, 6.45) is 0.477. The topological polar surface area (TPSA) is 33.1 Å². The fraction of sp³-hybridized carbons (Fsp3) is 0.375. The Hall–Kier alpha value is -0.960. The van der Waals surface area contributed by atoms with Gasteiger partial charge in [0.25, 0.3) is 0 Å². The maximum atomic E-state index is 12.5. The Morgan fingerprint density at radius 2 is 2.27 bits per heavy atom. The fourth-order valence-corrected chi connectivity index (χ4v) is 0.988. The van der Waals surface area contributed by atoms with Gasteiger partial charge in [-0.2, -0.15) is 0 Å². The molecule has 1 aromatic heterocycles. The highest BCUT2D eigenvalue weighted by atomic mass is 19.1. The van der Waals surface area contributed by atoms with Crippen LogP contribution in [0.4, 0.5) is 4.39 Å². The lowest BCUT2D eigenvalue weighted by Gasteiger charge is -2.05. The van der Waals surface area contributed by atoms with Crippen molar-refractivity contribution < 1.29 is 9.50 Å². The summed E-state index contributed by atoms with van der Waals surface area (Å²) in [6.45, 7) is 3.32. The Morgan fingerprint density at radius 1 is 1.64 bits per heavy atom. The highest BCUT2D eigenvalue weighted by Crippen LogP contribution is 2.13.